The maximum atomic E-state index is 5.13. The van der Waals surface area contributed by atoms with Gasteiger partial charge in [0, 0.05) is 12.2 Å². The molecule has 0 fully saturated rings. The summed E-state index contributed by atoms with van der Waals surface area (Å²) in [6.07, 6.45) is 1.80. The van der Waals surface area contributed by atoms with Gasteiger partial charge in [-0.2, -0.15) is 0 Å². The second-order valence-electron chi connectivity index (χ2n) is 3.37. The zero-order valence-corrected chi connectivity index (χ0v) is 8.59. The minimum atomic E-state index is 0.387. The highest BCUT2D eigenvalue weighted by molar-refractivity contribution is 5.54. The van der Waals surface area contributed by atoms with E-state index in [1.54, 1.807) is 13.3 Å². The first kappa shape index (κ1) is 9.84. The van der Waals surface area contributed by atoms with Crippen molar-refractivity contribution in [2.45, 2.75) is 26.8 Å². The largest absolute Gasteiger partial charge is 0.480 e. The van der Waals surface area contributed by atoms with Gasteiger partial charge < -0.3 is 10.1 Å². The molecule has 0 saturated carbocycles. The molecule has 1 aromatic heterocycles. The van der Waals surface area contributed by atoms with Gasteiger partial charge in [-0.05, 0) is 32.4 Å². The molecule has 1 N–H and O–H groups in total. The molecule has 72 valence electrons. The van der Waals surface area contributed by atoms with Crippen molar-refractivity contribution >= 4 is 5.69 Å². The third-order valence-corrected chi connectivity index (χ3v) is 1.63. The molecule has 0 amide bonds. The van der Waals surface area contributed by atoms with E-state index in [9.17, 15) is 0 Å². The first-order valence-corrected chi connectivity index (χ1v) is 4.40. The van der Waals surface area contributed by atoms with Crippen molar-refractivity contribution in [1.29, 1.82) is 0 Å². The van der Waals surface area contributed by atoms with Crippen LogP contribution in [-0.4, -0.2) is 18.1 Å². The number of aromatic nitrogens is 1. The van der Waals surface area contributed by atoms with Crippen LogP contribution >= 0.6 is 0 Å². The lowest BCUT2D eigenvalue weighted by Crippen LogP contribution is -2.11. The average Bonchev–Trinajstić information content (AvgIpc) is 2.03. The fourth-order valence-corrected chi connectivity index (χ4v) is 1.13. The molecule has 0 radical (unpaired) electrons. The predicted molar refractivity (Wildman–Crippen MR) is 54.3 cm³/mol. The van der Waals surface area contributed by atoms with Gasteiger partial charge in [-0.15, -0.1) is 0 Å². The second kappa shape index (κ2) is 4.12. The molecule has 1 aromatic rings. The van der Waals surface area contributed by atoms with Crippen LogP contribution in [0, 0.1) is 6.92 Å². The Bertz CT molecular complexity index is 284. The summed E-state index contributed by atoms with van der Waals surface area (Å²) < 4.78 is 5.13. The standard InChI is InChI=1S/C10H16N2O/c1-7(2)12-9-5-8(3)6-11-10(9)13-4/h5-7,12H,1-4H3. The summed E-state index contributed by atoms with van der Waals surface area (Å²) in [6, 6.07) is 2.42. The van der Waals surface area contributed by atoms with E-state index in [2.05, 4.69) is 24.1 Å². The highest BCUT2D eigenvalue weighted by Gasteiger charge is 2.04. The Kier molecular flexibility index (Phi) is 3.12. The molecule has 0 spiro atoms. The van der Waals surface area contributed by atoms with Gasteiger partial charge in [0.2, 0.25) is 5.88 Å². The van der Waals surface area contributed by atoms with Gasteiger partial charge in [0.25, 0.3) is 0 Å². The van der Waals surface area contributed by atoms with Crippen molar-refractivity contribution in [2.24, 2.45) is 0 Å². The van der Waals surface area contributed by atoms with Gasteiger partial charge in [0.15, 0.2) is 0 Å². The molecule has 0 saturated heterocycles. The van der Waals surface area contributed by atoms with Gasteiger partial charge in [-0.25, -0.2) is 4.98 Å². The van der Waals surface area contributed by atoms with Crippen molar-refractivity contribution in [3.63, 3.8) is 0 Å². The topological polar surface area (TPSA) is 34.1 Å². The number of hydrogen-bond acceptors (Lipinski definition) is 3. The maximum Gasteiger partial charge on any atom is 0.237 e. The van der Waals surface area contributed by atoms with E-state index in [1.165, 1.54) is 0 Å². The summed E-state index contributed by atoms with van der Waals surface area (Å²) in [5.74, 6) is 0.652. The average molecular weight is 180 g/mol. The molecule has 1 heterocycles. The monoisotopic (exact) mass is 180 g/mol. The molecule has 13 heavy (non-hydrogen) atoms. The molecule has 0 atom stereocenters. The van der Waals surface area contributed by atoms with Crippen molar-refractivity contribution in [1.82, 2.24) is 4.98 Å². The van der Waals surface area contributed by atoms with Crippen LogP contribution in [0.25, 0.3) is 0 Å². The molecule has 0 aliphatic rings. The Hall–Kier alpha value is -1.25. The van der Waals surface area contributed by atoms with Crippen molar-refractivity contribution in [3.8, 4) is 5.88 Å². The molecule has 1 rings (SSSR count). The Morgan fingerprint density at radius 2 is 2.15 bits per heavy atom. The van der Waals surface area contributed by atoms with Crippen molar-refractivity contribution in [2.75, 3.05) is 12.4 Å². The van der Waals surface area contributed by atoms with Crippen molar-refractivity contribution < 1.29 is 4.74 Å². The summed E-state index contributed by atoms with van der Waals surface area (Å²) in [5.41, 5.74) is 2.08. The van der Waals surface area contributed by atoms with Crippen LogP contribution in [0.4, 0.5) is 5.69 Å². The number of hydrogen-bond donors (Lipinski definition) is 1. The van der Waals surface area contributed by atoms with Gasteiger partial charge in [0.1, 0.15) is 0 Å². The number of methoxy groups -OCH3 is 1. The predicted octanol–water partition coefficient (Wildman–Crippen LogP) is 2.22. The minimum Gasteiger partial charge on any atom is -0.480 e. The minimum absolute atomic E-state index is 0.387. The zero-order valence-electron chi connectivity index (χ0n) is 8.59. The maximum absolute atomic E-state index is 5.13. The lowest BCUT2D eigenvalue weighted by molar-refractivity contribution is 0.399. The SMILES string of the molecule is COc1ncc(C)cc1NC(C)C. The number of anilines is 1. The van der Waals surface area contributed by atoms with E-state index in [-0.39, 0.29) is 0 Å². The van der Waals surface area contributed by atoms with E-state index in [0.717, 1.165) is 11.3 Å². The van der Waals surface area contributed by atoms with Gasteiger partial charge in [-0.1, -0.05) is 0 Å². The van der Waals surface area contributed by atoms with Crippen LogP contribution in [0.1, 0.15) is 19.4 Å². The molecule has 3 nitrogen and oxygen atoms in total. The summed E-state index contributed by atoms with van der Waals surface area (Å²) in [4.78, 5) is 4.17. The molecule has 0 unspecified atom stereocenters. The third-order valence-electron chi connectivity index (χ3n) is 1.63. The first-order valence-electron chi connectivity index (χ1n) is 4.40. The summed E-state index contributed by atoms with van der Waals surface area (Å²) in [5, 5.41) is 3.28. The molecular formula is C10H16N2O. The van der Waals surface area contributed by atoms with E-state index >= 15 is 0 Å². The van der Waals surface area contributed by atoms with Crippen LogP contribution in [-0.2, 0) is 0 Å². The molecule has 0 aliphatic carbocycles. The Labute approximate surface area is 79.1 Å². The molecule has 0 aliphatic heterocycles. The number of nitrogens with one attached hydrogen (secondary N) is 1. The van der Waals surface area contributed by atoms with Gasteiger partial charge in [0.05, 0.1) is 12.8 Å². The Morgan fingerprint density at radius 1 is 1.46 bits per heavy atom. The number of nitrogens with zero attached hydrogens (tertiary/aromatic N) is 1. The number of ether oxygens (including phenoxy) is 1. The number of pyridine rings is 1. The van der Waals surface area contributed by atoms with E-state index in [0.29, 0.717) is 11.9 Å². The molecule has 3 heteroatoms. The fourth-order valence-electron chi connectivity index (χ4n) is 1.13. The normalized spacial score (nSPS) is 10.2. The van der Waals surface area contributed by atoms with E-state index in [1.807, 2.05) is 13.0 Å². The Balaban J connectivity index is 2.94. The lowest BCUT2D eigenvalue weighted by Gasteiger charge is -2.13. The molecular weight excluding hydrogens is 164 g/mol. The lowest BCUT2D eigenvalue weighted by atomic mass is 10.2. The van der Waals surface area contributed by atoms with E-state index in [4.69, 9.17) is 4.74 Å². The van der Waals surface area contributed by atoms with Gasteiger partial charge >= 0.3 is 0 Å². The van der Waals surface area contributed by atoms with E-state index < -0.39 is 0 Å². The molecule has 0 aromatic carbocycles. The summed E-state index contributed by atoms with van der Waals surface area (Å²) >= 11 is 0. The second-order valence-corrected chi connectivity index (χ2v) is 3.37. The van der Waals surface area contributed by atoms with Gasteiger partial charge in [-0.3, -0.25) is 0 Å². The Morgan fingerprint density at radius 3 is 2.69 bits per heavy atom. The zero-order chi connectivity index (χ0) is 9.84. The van der Waals surface area contributed by atoms with Crippen molar-refractivity contribution in [3.05, 3.63) is 17.8 Å². The fraction of sp³-hybridized carbons (Fsp3) is 0.500. The smallest absolute Gasteiger partial charge is 0.237 e. The first-order chi connectivity index (χ1) is 6.13. The highest BCUT2D eigenvalue weighted by Crippen LogP contribution is 2.22. The van der Waals surface area contributed by atoms with Crippen LogP contribution < -0.4 is 10.1 Å². The van der Waals surface area contributed by atoms with Crippen LogP contribution in [0.2, 0.25) is 0 Å². The third kappa shape index (κ3) is 2.61. The quantitative estimate of drug-likeness (QED) is 0.774. The highest BCUT2D eigenvalue weighted by atomic mass is 16.5. The van der Waals surface area contributed by atoms with Crippen LogP contribution in [0.5, 0.6) is 5.88 Å². The van der Waals surface area contributed by atoms with Crippen LogP contribution in [0.15, 0.2) is 12.3 Å². The number of aryl methyl sites for hydroxylation is 1. The molecule has 0 bridgehead atoms. The summed E-state index contributed by atoms with van der Waals surface area (Å²) in [7, 11) is 1.63. The van der Waals surface area contributed by atoms with Crippen LogP contribution in [0.3, 0.4) is 0 Å². The number of rotatable bonds is 3. The summed E-state index contributed by atoms with van der Waals surface area (Å²) in [6.45, 7) is 6.18.